The summed E-state index contributed by atoms with van der Waals surface area (Å²) in [5, 5.41) is 3.14. The Bertz CT molecular complexity index is 208. The summed E-state index contributed by atoms with van der Waals surface area (Å²) in [6.45, 7) is 4.33. The predicted octanol–water partition coefficient (Wildman–Crippen LogP) is 3.24. The SMILES string of the molecule is CCC(Br)C(=O)NC1CCCC(C)CC1. The second-order valence-corrected chi connectivity index (χ2v) is 5.80. The molecule has 88 valence electrons. The molecule has 1 N–H and O–H groups in total. The maximum atomic E-state index is 11.7. The number of rotatable bonds is 3. The summed E-state index contributed by atoms with van der Waals surface area (Å²) >= 11 is 3.39. The lowest BCUT2D eigenvalue weighted by Crippen LogP contribution is -2.38. The minimum atomic E-state index is -0.0156. The first-order valence-corrected chi connectivity index (χ1v) is 6.99. The summed E-state index contributed by atoms with van der Waals surface area (Å²) in [6.07, 6.45) is 6.98. The third kappa shape index (κ3) is 4.54. The summed E-state index contributed by atoms with van der Waals surface area (Å²) < 4.78 is 0. The first kappa shape index (κ1) is 13.0. The minimum Gasteiger partial charge on any atom is -0.352 e. The van der Waals surface area contributed by atoms with Crippen LogP contribution >= 0.6 is 15.9 Å². The summed E-state index contributed by atoms with van der Waals surface area (Å²) in [5.74, 6) is 0.995. The van der Waals surface area contributed by atoms with E-state index in [1.54, 1.807) is 0 Å². The highest BCUT2D eigenvalue weighted by atomic mass is 79.9. The monoisotopic (exact) mass is 275 g/mol. The van der Waals surface area contributed by atoms with E-state index < -0.39 is 0 Å². The molecule has 0 radical (unpaired) electrons. The molecule has 3 unspecified atom stereocenters. The van der Waals surface area contributed by atoms with Crippen LogP contribution in [0.3, 0.4) is 0 Å². The molecule has 0 aliphatic heterocycles. The van der Waals surface area contributed by atoms with Crippen LogP contribution in [0.5, 0.6) is 0 Å². The van der Waals surface area contributed by atoms with Crippen LogP contribution in [0, 0.1) is 5.92 Å². The first-order valence-electron chi connectivity index (χ1n) is 6.08. The molecule has 1 amide bonds. The molecule has 3 heteroatoms. The minimum absolute atomic E-state index is 0.0156. The van der Waals surface area contributed by atoms with Crippen molar-refractivity contribution in [2.24, 2.45) is 5.92 Å². The molecule has 0 aromatic heterocycles. The highest BCUT2D eigenvalue weighted by Gasteiger charge is 2.20. The number of carbonyl (C=O) groups excluding carboxylic acids is 1. The maximum absolute atomic E-state index is 11.7. The second kappa shape index (κ2) is 6.51. The van der Waals surface area contributed by atoms with Crippen molar-refractivity contribution in [1.29, 1.82) is 0 Å². The molecule has 0 heterocycles. The van der Waals surface area contributed by atoms with E-state index in [0.29, 0.717) is 6.04 Å². The van der Waals surface area contributed by atoms with Gasteiger partial charge in [-0.05, 0) is 31.6 Å². The second-order valence-electron chi connectivity index (χ2n) is 4.69. The van der Waals surface area contributed by atoms with Gasteiger partial charge in [-0.2, -0.15) is 0 Å². The van der Waals surface area contributed by atoms with E-state index in [1.807, 2.05) is 6.92 Å². The van der Waals surface area contributed by atoms with Crippen molar-refractivity contribution in [2.45, 2.75) is 63.2 Å². The standard InChI is InChI=1S/C12H22BrNO/c1-3-11(13)12(15)14-10-6-4-5-9(2)7-8-10/h9-11H,3-8H2,1-2H3,(H,14,15). The van der Waals surface area contributed by atoms with E-state index >= 15 is 0 Å². The average Bonchev–Trinajstić information content (AvgIpc) is 2.42. The Labute approximate surface area is 101 Å². The topological polar surface area (TPSA) is 29.1 Å². The van der Waals surface area contributed by atoms with Crippen molar-refractivity contribution in [3.8, 4) is 0 Å². The third-order valence-corrected chi connectivity index (χ3v) is 4.31. The number of alkyl halides is 1. The molecule has 15 heavy (non-hydrogen) atoms. The molecule has 1 saturated carbocycles. The van der Waals surface area contributed by atoms with Gasteiger partial charge in [0, 0.05) is 6.04 Å². The molecule has 3 atom stereocenters. The molecule has 2 nitrogen and oxygen atoms in total. The number of hydrogen-bond donors (Lipinski definition) is 1. The van der Waals surface area contributed by atoms with Crippen molar-refractivity contribution in [2.75, 3.05) is 0 Å². The Kier molecular flexibility index (Phi) is 5.65. The lowest BCUT2D eigenvalue weighted by molar-refractivity contribution is -0.121. The van der Waals surface area contributed by atoms with Gasteiger partial charge in [-0.3, -0.25) is 4.79 Å². The van der Waals surface area contributed by atoms with E-state index in [-0.39, 0.29) is 10.7 Å². The van der Waals surface area contributed by atoms with Gasteiger partial charge in [0.05, 0.1) is 4.83 Å². The molecule has 0 aromatic rings. The van der Waals surface area contributed by atoms with E-state index in [1.165, 1.54) is 19.3 Å². The van der Waals surface area contributed by atoms with Gasteiger partial charge >= 0.3 is 0 Å². The zero-order chi connectivity index (χ0) is 11.3. The lowest BCUT2D eigenvalue weighted by Gasteiger charge is -2.18. The highest BCUT2D eigenvalue weighted by Crippen LogP contribution is 2.22. The van der Waals surface area contributed by atoms with Crippen molar-refractivity contribution >= 4 is 21.8 Å². The smallest absolute Gasteiger partial charge is 0.233 e. The number of carbonyl (C=O) groups is 1. The van der Waals surface area contributed by atoms with Gasteiger partial charge in [-0.15, -0.1) is 0 Å². The third-order valence-electron chi connectivity index (χ3n) is 3.25. The van der Waals surface area contributed by atoms with Gasteiger partial charge in [0.25, 0.3) is 0 Å². The zero-order valence-corrected chi connectivity index (χ0v) is 11.3. The van der Waals surface area contributed by atoms with E-state index in [0.717, 1.165) is 25.2 Å². The van der Waals surface area contributed by atoms with Crippen molar-refractivity contribution < 1.29 is 4.79 Å². The molecule has 0 saturated heterocycles. The van der Waals surface area contributed by atoms with Crippen LogP contribution in [0.4, 0.5) is 0 Å². The van der Waals surface area contributed by atoms with Crippen LogP contribution in [-0.2, 0) is 4.79 Å². The molecule has 0 bridgehead atoms. The quantitative estimate of drug-likeness (QED) is 0.622. The number of amides is 1. The van der Waals surface area contributed by atoms with Crippen LogP contribution in [0.15, 0.2) is 0 Å². The predicted molar refractivity (Wildman–Crippen MR) is 67.2 cm³/mol. The summed E-state index contributed by atoms with van der Waals surface area (Å²) in [5.41, 5.74) is 0. The molecule has 1 rings (SSSR count). The molecule has 1 fully saturated rings. The van der Waals surface area contributed by atoms with Gasteiger partial charge < -0.3 is 5.32 Å². The summed E-state index contributed by atoms with van der Waals surface area (Å²) in [7, 11) is 0. The van der Waals surface area contributed by atoms with Crippen LogP contribution in [0.1, 0.15) is 52.4 Å². The van der Waals surface area contributed by atoms with Crippen LogP contribution in [0.2, 0.25) is 0 Å². The molecule has 1 aliphatic carbocycles. The fourth-order valence-electron chi connectivity index (χ4n) is 2.11. The van der Waals surface area contributed by atoms with Crippen molar-refractivity contribution in [3.05, 3.63) is 0 Å². The average molecular weight is 276 g/mol. The van der Waals surface area contributed by atoms with E-state index in [2.05, 4.69) is 28.2 Å². The zero-order valence-electron chi connectivity index (χ0n) is 9.76. The fraction of sp³-hybridized carbons (Fsp3) is 0.917. The number of halogens is 1. The van der Waals surface area contributed by atoms with Gasteiger partial charge in [-0.25, -0.2) is 0 Å². The Morgan fingerprint density at radius 1 is 1.40 bits per heavy atom. The van der Waals surface area contributed by atoms with E-state index in [9.17, 15) is 4.79 Å². The van der Waals surface area contributed by atoms with Crippen LogP contribution in [-0.4, -0.2) is 16.8 Å². The molecule has 0 spiro atoms. The normalized spacial score (nSPS) is 29.3. The van der Waals surface area contributed by atoms with Gasteiger partial charge in [0.15, 0.2) is 0 Å². The van der Waals surface area contributed by atoms with Gasteiger partial charge in [0.1, 0.15) is 0 Å². The fourth-order valence-corrected chi connectivity index (χ4v) is 2.24. The van der Waals surface area contributed by atoms with E-state index in [4.69, 9.17) is 0 Å². The highest BCUT2D eigenvalue weighted by molar-refractivity contribution is 9.10. The van der Waals surface area contributed by atoms with Gasteiger partial charge in [-0.1, -0.05) is 42.6 Å². The van der Waals surface area contributed by atoms with Crippen LogP contribution < -0.4 is 5.32 Å². The Balaban J connectivity index is 2.34. The maximum Gasteiger partial charge on any atom is 0.233 e. The van der Waals surface area contributed by atoms with Gasteiger partial charge in [0.2, 0.25) is 5.91 Å². The Morgan fingerprint density at radius 2 is 2.13 bits per heavy atom. The van der Waals surface area contributed by atoms with Crippen molar-refractivity contribution in [3.63, 3.8) is 0 Å². The molecule has 1 aliphatic rings. The largest absolute Gasteiger partial charge is 0.352 e. The van der Waals surface area contributed by atoms with Crippen molar-refractivity contribution in [1.82, 2.24) is 5.32 Å². The Hall–Kier alpha value is -0.0500. The number of hydrogen-bond acceptors (Lipinski definition) is 1. The summed E-state index contributed by atoms with van der Waals surface area (Å²) in [4.78, 5) is 11.7. The summed E-state index contributed by atoms with van der Waals surface area (Å²) in [6, 6.07) is 0.411. The number of nitrogens with one attached hydrogen (secondary N) is 1. The van der Waals surface area contributed by atoms with Crippen LogP contribution in [0.25, 0.3) is 0 Å². The lowest BCUT2D eigenvalue weighted by atomic mass is 10.0. The molecule has 0 aromatic carbocycles. The molecular weight excluding hydrogens is 254 g/mol. The first-order chi connectivity index (χ1) is 7.13. The Morgan fingerprint density at radius 3 is 2.80 bits per heavy atom. The molecular formula is C12H22BrNO.